The van der Waals surface area contributed by atoms with E-state index in [9.17, 15) is 23.8 Å². The largest absolute Gasteiger partial charge is 0.395 e. The van der Waals surface area contributed by atoms with Crippen LogP contribution in [0.4, 0.5) is 8.78 Å². The summed E-state index contributed by atoms with van der Waals surface area (Å²) >= 11 is 0. The number of hydrogen-bond donors (Lipinski definition) is 4. The van der Waals surface area contributed by atoms with Gasteiger partial charge in [-0.3, -0.25) is 4.79 Å². The molecule has 0 aromatic heterocycles. The van der Waals surface area contributed by atoms with Gasteiger partial charge in [0.2, 0.25) is 5.91 Å². The van der Waals surface area contributed by atoms with Crippen LogP contribution >= 0.6 is 0 Å². The Balaban J connectivity index is 1.75. The van der Waals surface area contributed by atoms with Crippen LogP contribution in [0, 0.1) is 17.6 Å². The number of nitrogens with zero attached hydrogens (tertiary/aromatic N) is 1. The summed E-state index contributed by atoms with van der Waals surface area (Å²) in [7, 11) is 0. The van der Waals surface area contributed by atoms with Crippen molar-refractivity contribution in [2.45, 2.75) is 57.2 Å². The van der Waals surface area contributed by atoms with Gasteiger partial charge >= 0.3 is 0 Å². The molecule has 2 aliphatic rings. The van der Waals surface area contributed by atoms with Gasteiger partial charge in [0.25, 0.3) is 0 Å². The van der Waals surface area contributed by atoms with Crippen molar-refractivity contribution in [2.75, 3.05) is 32.8 Å². The number of hydrogen-bond acceptors (Lipinski definition) is 5. The first kappa shape index (κ1) is 26.5. The van der Waals surface area contributed by atoms with Crippen LogP contribution in [-0.4, -0.2) is 71.5 Å². The number of likely N-dealkylation sites (tertiary alicyclic amines) is 1. The first-order chi connectivity index (χ1) is 16.2. The summed E-state index contributed by atoms with van der Waals surface area (Å²) in [5, 5.41) is 26.7. The summed E-state index contributed by atoms with van der Waals surface area (Å²) in [6, 6.07) is 2.54. The smallest absolute Gasteiger partial charge is 0.217 e. The maximum Gasteiger partial charge on any atom is 0.217 e. The van der Waals surface area contributed by atoms with Crippen molar-refractivity contribution in [2.24, 2.45) is 5.92 Å². The molecule has 4 N–H and O–H groups in total. The summed E-state index contributed by atoms with van der Waals surface area (Å²) in [6.07, 6.45) is 8.17. The van der Waals surface area contributed by atoms with E-state index in [4.69, 9.17) is 0 Å². The molecule has 8 heteroatoms. The molecule has 0 radical (unpaired) electrons. The molecule has 3 rings (SSSR count). The average Bonchev–Trinajstić information content (AvgIpc) is 2.78. The number of amides is 1. The molecule has 1 aromatic rings. The highest BCUT2D eigenvalue weighted by Gasteiger charge is 2.40. The van der Waals surface area contributed by atoms with Gasteiger partial charge in [-0.2, -0.15) is 0 Å². The van der Waals surface area contributed by atoms with Crippen LogP contribution in [-0.2, 0) is 11.2 Å². The van der Waals surface area contributed by atoms with E-state index in [2.05, 4.69) is 40.7 Å². The third-order valence-electron chi connectivity index (χ3n) is 6.99. The zero-order chi connectivity index (χ0) is 24.7. The van der Waals surface area contributed by atoms with Gasteiger partial charge in [0.1, 0.15) is 11.6 Å². The van der Waals surface area contributed by atoms with E-state index in [1.165, 1.54) is 24.6 Å². The predicted molar refractivity (Wildman–Crippen MR) is 128 cm³/mol. The van der Waals surface area contributed by atoms with Crippen molar-refractivity contribution in [3.63, 3.8) is 0 Å². The van der Waals surface area contributed by atoms with Crippen molar-refractivity contribution in [1.82, 2.24) is 15.5 Å². The second-order valence-corrected chi connectivity index (χ2v) is 9.57. The molecule has 1 aliphatic heterocycles. The predicted octanol–water partition coefficient (Wildman–Crippen LogP) is 2.31. The quantitative estimate of drug-likeness (QED) is 0.416. The average molecular weight is 478 g/mol. The molecule has 0 spiro atoms. The number of β-amino-alcohol motifs (C(OH)–C–C–N with tert-alkyl or cyclic N) is 2. The van der Waals surface area contributed by atoms with E-state index in [0.29, 0.717) is 18.0 Å². The number of nitrogens with one attached hydrogen (secondary N) is 2. The molecule has 3 atom stereocenters. The van der Waals surface area contributed by atoms with Crippen LogP contribution < -0.4 is 10.6 Å². The molecule has 0 saturated carbocycles. The fourth-order valence-corrected chi connectivity index (χ4v) is 5.21. The number of carbonyl (C=O) groups is 1. The first-order valence-electron chi connectivity index (χ1n) is 12.1. The molecule has 6 nitrogen and oxygen atoms in total. The highest BCUT2D eigenvalue weighted by atomic mass is 19.1. The van der Waals surface area contributed by atoms with Crippen LogP contribution in [0.2, 0.25) is 0 Å². The summed E-state index contributed by atoms with van der Waals surface area (Å²) in [5.41, 5.74) is 1.37. The molecule has 0 bridgehead atoms. The molecule has 1 amide bonds. The summed E-state index contributed by atoms with van der Waals surface area (Å²) < 4.78 is 27.4. The molecule has 34 heavy (non-hydrogen) atoms. The van der Waals surface area contributed by atoms with Gasteiger partial charge in [-0.15, -0.1) is 0 Å². The Morgan fingerprint density at radius 1 is 1.24 bits per heavy atom. The lowest BCUT2D eigenvalue weighted by atomic mass is 9.73. The van der Waals surface area contributed by atoms with Crippen LogP contribution in [0.3, 0.4) is 0 Å². The topological polar surface area (TPSA) is 84.8 Å². The molecule has 1 unspecified atom stereocenters. The van der Waals surface area contributed by atoms with Gasteiger partial charge < -0.3 is 25.7 Å². The van der Waals surface area contributed by atoms with Crippen LogP contribution in [0.5, 0.6) is 0 Å². The lowest BCUT2D eigenvalue weighted by Crippen LogP contribution is -2.59. The van der Waals surface area contributed by atoms with Crippen molar-refractivity contribution < 1.29 is 23.8 Å². The number of rotatable bonds is 10. The number of aliphatic hydroxyl groups excluding tert-OH is 2. The molecule has 1 aliphatic carbocycles. The number of halogens is 2. The van der Waals surface area contributed by atoms with Crippen molar-refractivity contribution >= 4 is 5.91 Å². The second kappa shape index (κ2) is 12.0. The van der Waals surface area contributed by atoms with Crippen molar-refractivity contribution in [3.8, 4) is 0 Å². The SMILES string of the molecule is CC(=O)N[C@@H](Cc1cc(F)cc(F)c1)[C@H](O)CNC1(C2=CC=CCC2C)CCN(CCO)CC1. The Hall–Kier alpha value is -2.13. The highest BCUT2D eigenvalue weighted by Crippen LogP contribution is 2.37. The fraction of sp³-hybridized carbons (Fsp3) is 0.577. The van der Waals surface area contributed by atoms with E-state index in [1.54, 1.807) is 0 Å². The number of piperidine rings is 1. The van der Waals surface area contributed by atoms with Gasteiger partial charge in [0.15, 0.2) is 0 Å². The Kier molecular flexibility index (Phi) is 9.36. The molecule has 188 valence electrons. The lowest BCUT2D eigenvalue weighted by molar-refractivity contribution is -0.120. The maximum atomic E-state index is 13.7. The maximum absolute atomic E-state index is 13.7. The molecule has 1 heterocycles. The monoisotopic (exact) mass is 477 g/mol. The zero-order valence-electron chi connectivity index (χ0n) is 20.1. The standard InChI is InChI=1S/C26H37F2N3O3/c1-18-5-3-4-6-23(18)26(7-9-31(10-8-26)11-12-32)29-17-25(34)24(30-19(2)33)15-20-13-21(27)16-22(28)14-20/h3-4,6,13-14,16,18,24-25,29,32,34H,5,7-12,15,17H2,1-2H3,(H,30,33)/t18?,24-,25+/m0/s1. The van der Waals surface area contributed by atoms with Gasteiger partial charge in [-0.05, 0) is 54.9 Å². The summed E-state index contributed by atoms with van der Waals surface area (Å²) in [6.45, 7) is 6.20. The van der Waals surface area contributed by atoms with E-state index >= 15 is 0 Å². The third-order valence-corrected chi connectivity index (χ3v) is 6.99. The van der Waals surface area contributed by atoms with Crippen LogP contribution in [0.25, 0.3) is 0 Å². The highest BCUT2D eigenvalue weighted by molar-refractivity contribution is 5.73. The Bertz CT molecular complexity index is 877. The number of allylic oxidation sites excluding steroid dienone is 3. The molecule has 1 fully saturated rings. The Labute approximate surface area is 200 Å². The minimum atomic E-state index is -0.961. The van der Waals surface area contributed by atoms with Crippen molar-refractivity contribution in [1.29, 1.82) is 0 Å². The first-order valence-corrected chi connectivity index (χ1v) is 12.1. The van der Waals surface area contributed by atoms with Crippen LogP contribution in [0.15, 0.2) is 42.0 Å². The minimum Gasteiger partial charge on any atom is -0.395 e. The number of aliphatic hydroxyl groups is 2. The molecular weight excluding hydrogens is 440 g/mol. The zero-order valence-corrected chi connectivity index (χ0v) is 20.1. The fourth-order valence-electron chi connectivity index (χ4n) is 5.21. The third kappa shape index (κ3) is 6.95. The van der Waals surface area contributed by atoms with E-state index in [0.717, 1.165) is 38.4 Å². The second-order valence-electron chi connectivity index (χ2n) is 9.57. The van der Waals surface area contributed by atoms with Gasteiger partial charge in [-0.25, -0.2) is 8.78 Å². The van der Waals surface area contributed by atoms with E-state index < -0.39 is 23.8 Å². The number of carbonyl (C=O) groups excluding carboxylic acids is 1. The minimum absolute atomic E-state index is 0.107. The Morgan fingerprint density at radius 2 is 1.91 bits per heavy atom. The Morgan fingerprint density at radius 3 is 2.50 bits per heavy atom. The normalized spacial score (nSPS) is 22.2. The van der Waals surface area contributed by atoms with E-state index in [-0.39, 0.29) is 31.0 Å². The lowest BCUT2D eigenvalue weighted by Gasteiger charge is -2.47. The van der Waals surface area contributed by atoms with Crippen molar-refractivity contribution in [3.05, 3.63) is 59.2 Å². The van der Waals surface area contributed by atoms with Gasteiger partial charge in [0.05, 0.1) is 18.8 Å². The molecule has 1 saturated heterocycles. The van der Waals surface area contributed by atoms with E-state index in [1.807, 2.05) is 0 Å². The van der Waals surface area contributed by atoms with Crippen LogP contribution in [0.1, 0.15) is 38.7 Å². The molecule has 1 aromatic carbocycles. The molecular formula is C26H37F2N3O3. The summed E-state index contributed by atoms with van der Waals surface area (Å²) in [5.74, 6) is -1.34. The van der Waals surface area contributed by atoms with Gasteiger partial charge in [-0.1, -0.05) is 25.2 Å². The summed E-state index contributed by atoms with van der Waals surface area (Å²) in [4.78, 5) is 14.0. The number of benzene rings is 1. The van der Waals surface area contributed by atoms with Gasteiger partial charge in [0, 0.05) is 44.7 Å².